The van der Waals surface area contributed by atoms with Gasteiger partial charge in [0.1, 0.15) is 16.8 Å². The van der Waals surface area contributed by atoms with E-state index in [4.69, 9.17) is 16.0 Å². The maximum absolute atomic E-state index is 11.4. The van der Waals surface area contributed by atoms with Gasteiger partial charge in [0.2, 0.25) is 5.89 Å². The predicted octanol–water partition coefficient (Wildman–Crippen LogP) is 3.36. The first-order chi connectivity index (χ1) is 7.99. The number of hydrogen-bond acceptors (Lipinski definition) is 4. The molecule has 1 aromatic carbocycles. The van der Waals surface area contributed by atoms with Gasteiger partial charge in [-0.05, 0) is 32.0 Å². The summed E-state index contributed by atoms with van der Waals surface area (Å²) in [5, 5.41) is 9.98. The number of halogens is 1. The Hall–Kier alpha value is -1.81. The minimum atomic E-state index is -0.303. The van der Waals surface area contributed by atoms with E-state index in [1.165, 1.54) is 13.8 Å². The summed E-state index contributed by atoms with van der Waals surface area (Å²) in [4.78, 5) is 15.5. The fourth-order valence-electron chi connectivity index (χ4n) is 1.57. The molecule has 88 valence electrons. The number of aliphatic hydroxyl groups is 1. The average molecular weight is 252 g/mol. The molecular formula is C12H10ClNO3. The number of benzene rings is 1. The van der Waals surface area contributed by atoms with E-state index in [0.717, 1.165) is 0 Å². The van der Waals surface area contributed by atoms with Gasteiger partial charge in [0.05, 0.1) is 0 Å². The standard InChI is InChI=1S/C12H10ClNO3/c1-6(15)11(7(2)16)12-14-9-5-8(13)3-4-10(9)17-12/h3-5,15H,1-2H3/b11-6-. The fourth-order valence-corrected chi connectivity index (χ4v) is 1.73. The Bertz CT molecular complexity index is 624. The first kappa shape index (κ1) is 11.7. The fraction of sp³-hybridized carbons (Fsp3) is 0.167. The van der Waals surface area contributed by atoms with Crippen molar-refractivity contribution in [2.75, 3.05) is 0 Å². The summed E-state index contributed by atoms with van der Waals surface area (Å²) in [5.41, 5.74) is 1.15. The number of oxazole rings is 1. The van der Waals surface area contributed by atoms with Crippen LogP contribution in [-0.2, 0) is 4.79 Å². The second-order valence-corrected chi connectivity index (χ2v) is 4.08. The van der Waals surface area contributed by atoms with Gasteiger partial charge < -0.3 is 9.52 Å². The van der Waals surface area contributed by atoms with Crippen LogP contribution >= 0.6 is 11.6 Å². The molecule has 0 saturated heterocycles. The summed E-state index contributed by atoms with van der Waals surface area (Å²) >= 11 is 5.82. The van der Waals surface area contributed by atoms with Crippen molar-refractivity contribution in [1.82, 2.24) is 4.98 Å². The van der Waals surface area contributed by atoms with Crippen LogP contribution < -0.4 is 0 Å². The molecule has 1 heterocycles. The summed E-state index contributed by atoms with van der Waals surface area (Å²) in [5.74, 6) is -0.312. The molecule has 1 aromatic heterocycles. The quantitative estimate of drug-likeness (QED) is 0.657. The smallest absolute Gasteiger partial charge is 0.234 e. The first-order valence-electron chi connectivity index (χ1n) is 4.96. The van der Waals surface area contributed by atoms with Crippen LogP contribution in [0.4, 0.5) is 0 Å². The molecule has 0 amide bonds. The molecule has 17 heavy (non-hydrogen) atoms. The number of fused-ring (bicyclic) bond motifs is 1. The van der Waals surface area contributed by atoms with Crippen LogP contribution in [0.1, 0.15) is 19.7 Å². The van der Waals surface area contributed by atoms with Crippen LogP contribution in [0.5, 0.6) is 0 Å². The minimum Gasteiger partial charge on any atom is -0.512 e. The maximum atomic E-state index is 11.4. The lowest BCUT2D eigenvalue weighted by molar-refractivity contribution is -0.112. The minimum absolute atomic E-state index is 0.0809. The zero-order valence-electron chi connectivity index (χ0n) is 9.32. The highest BCUT2D eigenvalue weighted by atomic mass is 35.5. The Kier molecular flexibility index (Phi) is 2.90. The van der Waals surface area contributed by atoms with Gasteiger partial charge in [-0.3, -0.25) is 4.79 Å². The van der Waals surface area contributed by atoms with Crippen molar-refractivity contribution in [1.29, 1.82) is 0 Å². The van der Waals surface area contributed by atoms with E-state index in [1.54, 1.807) is 18.2 Å². The Morgan fingerprint density at radius 2 is 2.12 bits per heavy atom. The first-order valence-corrected chi connectivity index (χ1v) is 5.34. The molecule has 0 aliphatic heterocycles. The molecule has 0 unspecified atom stereocenters. The summed E-state index contributed by atoms with van der Waals surface area (Å²) < 4.78 is 5.40. The number of ketones is 1. The van der Waals surface area contributed by atoms with E-state index in [2.05, 4.69) is 4.98 Å². The van der Waals surface area contributed by atoms with Crippen LogP contribution in [0.2, 0.25) is 5.02 Å². The molecule has 0 aliphatic rings. The Balaban J connectivity index is 2.64. The maximum Gasteiger partial charge on any atom is 0.234 e. The largest absolute Gasteiger partial charge is 0.512 e. The van der Waals surface area contributed by atoms with Gasteiger partial charge in [0, 0.05) is 5.02 Å². The van der Waals surface area contributed by atoms with Crippen molar-refractivity contribution < 1.29 is 14.3 Å². The van der Waals surface area contributed by atoms with Crippen LogP contribution in [0.3, 0.4) is 0 Å². The summed E-state index contributed by atoms with van der Waals surface area (Å²) in [6.45, 7) is 2.76. The van der Waals surface area contributed by atoms with Gasteiger partial charge >= 0.3 is 0 Å². The highest BCUT2D eigenvalue weighted by Crippen LogP contribution is 2.25. The number of carbonyl (C=O) groups excluding carboxylic acids is 1. The van der Waals surface area contributed by atoms with Crippen molar-refractivity contribution in [2.24, 2.45) is 0 Å². The SMILES string of the molecule is CC(=O)/C(=C(\C)O)c1nc2cc(Cl)ccc2o1. The van der Waals surface area contributed by atoms with Gasteiger partial charge in [0.15, 0.2) is 11.4 Å². The van der Waals surface area contributed by atoms with Crippen LogP contribution in [0, 0.1) is 0 Å². The molecular weight excluding hydrogens is 242 g/mol. The van der Waals surface area contributed by atoms with E-state index < -0.39 is 0 Å². The molecule has 0 radical (unpaired) electrons. The van der Waals surface area contributed by atoms with Crippen molar-refractivity contribution >= 4 is 34.1 Å². The van der Waals surface area contributed by atoms with Gasteiger partial charge in [0.25, 0.3) is 0 Å². The van der Waals surface area contributed by atoms with E-state index in [9.17, 15) is 9.90 Å². The number of rotatable bonds is 2. The average Bonchev–Trinajstić information content (AvgIpc) is 2.58. The zero-order chi connectivity index (χ0) is 12.6. The third kappa shape index (κ3) is 2.17. The van der Waals surface area contributed by atoms with Crippen molar-refractivity contribution in [3.63, 3.8) is 0 Å². The third-order valence-corrected chi connectivity index (χ3v) is 2.51. The lowest BCUT2D eigenvalue weighted by Gasteiger charge is -1.98. The van der Waals surface area contributed by atoms with Crippen molar-refractivity contribution in [3.8, 4) is 0 Å². The number of nitrogens with zero attached hydrogens (tertiary/aromatic N) is 1. The second kappa shape index (κ2) is 4.22. The third-order valence-electron chi connectivity index (χ3n) is 2.28. The molecule has 1 N–H and O–H groups in total. The Labute approximate surface area is 103 Å². The Morgan fingerprint density at radius 1 is 1.41 bits per heavy atom. The molecule has 0 bridgehead atoms. The summed E-state index contributed by atoms with van der Waals surface area (Å²) in [6, 6.07) is 4.97. The second-order valence-electron chi connectivity index (χ2n) is 3.65. The van der Waals surface area contributed by atoms with Crippen LogP contribution in [0.15, 0.2) is 28.4 Å². The molecule has 0 aliphatic carbocycles. The molecule has 5 heteroatoms. The van der Waals surface area contributed by atoms with E-state index in [-0.39, 0.29) is 23.0 Å². The topological polar surface area (TPSA) is 63.3 Å². The van der Waals surface area contributed by atoms with Gasteiger partial charge in [-0.2, -0.15) is 0 Å². The van der Waals surface area contributed by atoms with E-state index in [1.807, 2.05) is 0 Å². The zero-order valence-corrected chi connectivity index (χ0v) is 10.1. The normalized spacial score (nSPS) is 12.6. The van der Waals surface area contributed by atoms with Gasteiger partial charge in [-0.25, -0.2) is 4.98 Å². The lowest BCUT2D eigenvalue weighted by Crippen LogP contribution is -1.99. The van der Waals surface area contributed by atoms with Gasteiger partial charge in [-0.1, -0.05) is 11.6 Å². The number of Topliss-reactive ketones (excluding diaryl/α,β-unsaturated/α-hetero) is 1. The van der Waals surface area contributed by atoms with Gasteiger partial charge in [-0.15, -0.1) is 0 Å². The van der Waals surface area contributed by atoms with Crippen LogP contribution in [0.25, 0.3) is 16.7 Å². The highest BCUT2D eigenvalue weighted by Gasteiger charge is 2.18. The predicted molar refractivity (Wildman–Crippen MR) is 64.9 cm³/mol. The number of aliphatic hydroxyl groups excluding tert-OH is 1. The lowest BCUT2D eigenvalue weighted by atomic mass is 10.1. The molecule has 0 atom stereocenters. The van der Waals surface area contributed by atoms with E-state index >= 15 is 0 Å². The summed E-state index contributed by atoms with van der Waals surface area (Å²) in [6.07, 6.45) is 0. The summed E-state index contributed by atoms with van der Waals surface area (Å²) in [7, 11) is 0. The molecule has 4 nitrogen and oxygen atoms in total. The van der Waals surface area contributed by atoms with Crippen LogP contribution in [-0.4, -0.2) is 15.9 Å². The Morgan fingerprint density at radius 3 is 2.71 bits per heavy atom. The molecule has 0 spiro atoms. The number of carbonyl (C=O) groups is 1. The van der Waals surface area contributed by atoms with E-state index in [0.29, 0.717) is 16.1 Å². The van der Waals surface area contributed by atoms with Crippen molar-refractivity contribution in [3.05, 3.63) is 34.9 Å². The highest BCUT2D eigenvalue weighted by molar-refractivity contribution is 6.31. The number of aromatic nitrogens is 1. The number of allylic oxidation sites excluding steroid dienone is 2. The number of hydrogen-bond donors (Lipinski definition) is 1. The molecule has 0 fully saturated rings. The molecule has 2 rings (SSSR count). The molecule has 0 saturated carbocycles. The molecule has 2 aromatic rings. The monoisotopic (exact) mass is 251 g/mol. The van der Waals surface area contributed by atoms with Crippen molar-refractivity contribution in [2.45, 2.75) is 13.8 Å².